The summed E-state index contributed by atoms with van der Waals surface area (Å²) in [6.45, 7) is 1.11. The fourth-order valence-corrected chi connectivity index (χ4v) is 10.5. The first-order chi connectivity index (χ1) is 27.7. The molecule has 5 unspecified atom stereocenters. The van der Waals surface area contributed by atoms with Crippen LogP contribution in [-0.4, -0.2) is 67.2 Å². The van der Waals surface area contributed by atoms with Crippen molar-refractivity contribution < 1.29 is 45.8 Å². The SMILES string of the molecule is O=C(NC1(C(=O)O)C2CCC3CC(C2)CC1C3)c1ccc(-c2cn(C3=CCC(F)(F)CC3)c3cc(OC4CCN(c5ncc(F)cn5)CC4)ccc23)nc1C(F)(F)F. The number of hydrogen-bond acceptors (Lipinski definition) is 7. The fourth-order valence-electron chi connectivity index (χ4n) is 10.5. The number of aromatic nitrogens is 4. The maximum atomic E-state index is 14.9. The summed E-state index contributed by atoms with van der Waals surface area (Å²) in [6, 6.07) is 7.47. The third-order valence-corrected chi connectivity index (χ3v) is 13.2. The van der Waals surface area contributed by atoms with Crippen molar-refractivity contribution in [2.45, 2.75) is 94.4 Å². The first-order valence-electron chi connectivity index (χ1n) is 19.9. The minimum atomic E-state index is -5.07. The number of halogens is 6. The highest BCUT2D eigenvalue weighted by Gasteiger charge is 2.60. The van der Waals surface area contributed by atoms with Crippen molar-refractivity contribution in [1.82, 2.24) is 24.8 Å². The number of alkyl halides is 5. The maximum absolute atomic E-state index is 14.9. The lowest BCUT2D eigenvalue weighted by atomic mass is 9.58. The number of ether oxygens (including phenoxy) is 1. The molecule has 4 saturated carbocycles. The van der Waals surface area contributed by atoms with Crippen LogP contribution >= 0.6 is 0 Å². The van der Waals surface area contributed by atoms with E-state index in [2.05, 4.69) is 20.3 Å². The fraction of sp³-hybridized carbons (Fsp3) is 0.500. The van der Waals surface area contributed by atoms with Gasteiger partial charge in [-0.2, -0.15) is 13.2 Å². The molecule has 1 aliphatic heterocycles. The summed E-state index contributed by atoms with van der Waals surface area (Å²) in [6.07, 6.45) is 4.54. The predicted octanol–water partition coefficient (Wildman–Crippen LogP) is 8.76. The second-order valence-corrected chi connectivity index (χ2v) is 16.7. The average Bonchev–Trinajstić information content (AvgIpc) is 3.44. The number of carboxylic acids is 1. The number of aliphatic carboxylic acids is 1. The molecule has 306 valence electrons. The van der Waals surface area contributed by atoms with Crippen LogP contribution in [0.1, 0.15) is 86.7 Å². The summed E-state index contributed by atoms with van der Waals surface area (Å²) in [5.74, 6) is -4.95. The largest absolute Gasteiger partial charge is 0.490 e. The van der Waals surface area contributed by atoms with Gasteiger partial charge in [0.1, 0.15) is 17.4 Å². The molecule has 1 aromatic carbocycles. The number of nitrogens with one attached hydrogen (secondary N) is 1. The zero-order valence-electron chi connectivity index (χ0n) is 31.5. The third-order valence-electron chi connectivity index (χ3n) is 13.2. The van der Waals surface area contributed by atoms with Crippen LogP contribution in [0.2, 0.25) is 0 Å². The number of anilines is 1. The maximum Gasteiger partial charge on any atom is 0.434 e. The minimum absolute atomic E-state index is 0.0143. The predicted molar refractivity (Wildman–Crippen MR) is 201 cm³/mol. The Morgan fingerprint density at radius 2 is 1.67 bits per heavy atom. The van der Waals surface area contributed by atoms with Crippen LogP contribution in [0, 0.1) is 29.5 Å². The van der Waals surface area contributed by atoms with Gasteiger partial charge in [-0.05, 0) is 86.5 Å². The number of carboxylic acid groups (broad SMARTS) is 1. The van der Waals surface area contributed by atoms with Gasteiger partial charge in [0.2, 0.25) is 5.95 Å². The van der Waals surface area contributed by atoms with E-state index in [4.69, 9.17) is 4.74 Å². The molecule has 6 aliphatic rings. The van der Waals surface area contributed by atoms with Crippen molar-refractivity contribution >= 4 is 34.4 Å². The first-order valence-corrected chi connectivity index (χ1v) is 19.9. The number of rotatable bonds is 8. The highest BCUT2D eigenvalue weighted by molar-refractivity contribution is 6.01. The highest BCUT2D eigenvalue weighted by atomic mass is 19.4. The van der Waals surface area contributed by atoms with Gasteiger partial charge in [-0.25, -0.2) is 32.9 Å². The Kier molecular flexibility index (Phi) is 9.46. The summed E-state index contributed by atoms with van der Waals surface area (Å²) in [5, 5.41) is 13.8. The minimum Gasteiger partial charge on any atom is -0.490 e. The molecule has 4 bridgehead atoms. The molecular formula is C42H42F6N6O4. The molecule has 0 spiro atoms. The summed E-state index contributed by atoms with van der Waals surface area (Å²) < 4.78 is 94.6. The van der Waals surface area contributed by atoms with Gasteiger partial charge in [-0.3, -0.25) is 4.79 Å². The Labute approximate surface area is 329 Å². The zero-order chi connectivity index (χ0) is 40.6. The van der Waals surface area contributed by atoms with Crippen molar-refractivity contribution in [2.24, 2.45) is 23.7 Å². The van der Waals surface area contributed by atoms with Gasteiger partial charge in [0.05, 0.1) is 29.2 Å². The van der Waals surface area contributed by atoms with E-state index in [-0.39, 0.29) is 35.6 Å². The molecule has 1 amide bonds. The lowest BCUT2D eigenvalue weighted by Crippen LogP contribution is -2.66. The molecule has 10 nitrogen and oxygen atoms in total. The molecular weight excluding hydrogens is 766 g/mol. The Morgan fingerprint density at radius 1 is 0.931 bits per heavy atom. The van der Waals surface area contributed by atoms with Crippen LogP contribution in [0.4, 0.5) is 32.3 Å². The Morgan fingerprint density at radius 3 is 2.38 bits per heavy atom. The van der Waals surface area contributed by atoms with Crippen LogP contribution in [0.15, 0.2) is 55.0 Å². The monoisotopic (exact) mass is 808 g/mol. The topological polar surface area (TPSA) is 122 Å². The Balaban J connectivity index is 1.04. The van der Waals surface area contributed by atoms with Crippen LogP contribution < -0.4 is 15.0 Å². The van der Waals surface area contributed by atoms with Gasteiger partial charge in [0.25, 0.3) is 11.8 Å². The molecule has 5 atom stereocenters. The molecule has 10 rings (SSSR count). The second kappa shape index (κ2) is 14.3. The summed E-state index contributed by atoms with van der Waals surface area (Å²) >= 11 is 0. The molecule has 4 aromatic rings. The first kappa shape index (κ1) is 38.4. The van der Waals surface area contributed by atoms with Crippen molar-refractivity contribution in [2.75, 3.05) is 18.0 Å². The second-order valence-electron chi connectivity index (χ2n) is 16.7. The average molecular weight is 809 g/mol. The van der Waals surface area contributed by atoms with Crippen LogP contribution in [0.25, 0.3) is 27.9 Å². The van der Waals surface area contributed by atoms with E-state index < -0.39 is 59.4 Å². The molecule has 16 heteroatoms. The summed E-state index contributed by atoms with van der Waals surface area (Å²) in [5.41, 5.74) is -2.64. The van der Waals surface area contributed by atoms with Crippen molar-refractivity contribution in [1.29, 1.82) is 0 Å². The molecule has 3 aromatic heterocycles. The van der Waals surface area contributed by atoms with Gasteiger partial charge >= 0.3 is 12.1 Å². The number of allylic oxidation sites excluding steroid dienone is 2. The lowest BCUT2D eigenvalue weighted by Gasteiger charge is -2.50. The van der Waals surface area contributed by atoms with Gasteiger partial charge < -0.3 is 24.6 Å². The highest BCUT2D eigenvalue weighted by Crippen LogP contribution is 2.56. The number of hydrogen-bond donors (Lipinski definition) is 2. The zero-order valence-corrected chi connectivity index (χ0v) is 31.5. The molecule has 5 fully saturated rings. The quantitative estimate of drug-likeness (QED) is 0.170. The number of carbonyl (C=O) groups excluding carboxylic acids is 1. The van der Waals surface area contributed by atoms with Crippen LogP contribution in [0.3, 0.4) is 0 Å². The number of piperidine rings is 1. The van der Waals surface area contributed by atoms with Gasteiger partial charge in [-0.15, -0.1) is 0 Å². The van der Waals surface area contributed by atoms with E-state index in [1.54, 1.807) is 29.0 Å². The van der Waals surface area contributed by atoms with E-state index >= 15 is 0 Å². The molecule has 1 saturated heterocycles. The van der Waals surface area contributed by atoms with Crippen LogP contribution in [0.5, 0.6) is 5.75 Å². The number of fused-ring (bicyclic) bond motifs is 2. The van der Waals surface area contributed by atoms with Crippen molar-refractivity contribution in [3.05, 3.63) is 72.1 Å². The molecule has 2 N–H and O–H groups in total. The number of nitrogens with zero attached hydrogens (tertiary/aromatic N) is 5. The molecule has 5 aliphatic carbocycles. The molecule has 4 heterocycles. The van der Waals surface area contributed by atoms with Crippen LogP contribution in [-0.2, 0) is 11.0 Å². The van der Waals surface area contributed by atoms with E-state index in [1.807, 2.05) is 4.90 Å². The van der Waals surface area contributed by atoms with E-state index in [9.17, 15) is 41.0 Å². The van der Waals surface area contributed by atoms with E-state index in [1.165, 1.54) is 12.1 Å². The van der Waals surface area contributed by atoms with Crippen molar-refractivity contribution in [3.63, 3.8) is 0 Å². The molecule has 58 heavy (non-hydrogen) atoms. The van der Waals surface area contributed by atoms with Gasteiger partial charge in [0.15, 0.2) is 11.5 Å². The molecule has 0 radical (unpaired) electrons. The number of benzene rings is 1. The summed E-state index contributed by atoms with van der Waals surface area (Å²) in [4.78, 5) is 41.0. The number of carbonyl (C=O) groups is 2. The van der Waals surface area contributed by atoms with Gasteiger partial charge in [0, 0.05) is 67.7 Å². The Bertz CT molecular complexity index is 2280. The lowest BCUT2D eigenvalue weighted by molar-refractivity contribution is -0.154. The third kappa shape index (κ3) is 6.95. The number of pyridine rings is 1. The summed E-state index contributed by atoms with van der Waals surface area (Å²) in [7, 11) is 0. The van der Waals surface area contributed by atoms with Crippen molar-refractivity contribution in [3.8, 4) is 17.0 Å². The number of amides is 1. The Hall–Kier alpha value is -5.15. The van der Waals surface area contributed by atoms with Gasteiger partial charge in [-0.1, -0.05) is 12.5 Å². The van der Waals surface area contributed by atoms with E-state index in [0.717, 1.165) is 31.3 Å². The smallest absolute Gasteiger partial charge is 0.434 e. The van der Waals surface area contributed by atoms with E-state index in [0.29, 0.717) is 91.7 Å². The standard InChI is InChI=1S/C42H42F6N6O4/c43-27-20-49-39(50-21-27)53-13-9-29(10-14-53)58-30-3-4-31-33(22-54(35(31)19-30)28-7-11-40(44,45)12-8-28)34-6-5-32(36(51-34)42(46,47)48)37(55)52-41(38(56)57)25-2-1-23-15-24(17-25)18-26(41)16-23/h3-7,19-26,29H,1-2,8-18H2,(H,52,55)(H,56,57). The normalized spacial score (nSPS) is 27.0.